The first-order valence-corrected chi connectivity index (χ1v) is 8.83. The lowest BCUT2D eigenvalue weighted by Crippen LogP contribution is -2.10. The molecule has 0 amide bonds. The first-order valence-electron chi connectivity index (χ1n) is 5.47. The molecule has 0 aliphatic carbocycles. The van der Waals surface area contributed by atoms with Crippen LogP contribution in [0.4, 0.5) is 11.6 Å². The molecule has 0 saturated carbocycles. The molecule has 4 nitrogen and oxygen atoms in total. The molecule has 0 bridgehead atoms. The maximum Gasteiger partial charge on any atom is 0.228 e. The van der Waals surface area contributed by atoms with Gasteiger partial charge in [-0.15, -0.1) is 0 Å². The van der Waals surface area contributed by atoms with E-state index in [4.69, 9.17) is 23.2 Å². The summed E-state index contributed by atoms with van der Waals surface area (Å²) < 4.78 is 12.2. The molecule has 0 aliphatic rings. The molecule has 0 unspecified atom stereocenters. The van der Waals surface area contributed by atoms with Crippen LogP contribution in [-0.2, 0) is 4.57 Å². The average Bonchev–Trinajstić information content (AvgIpc) is 2.33. The fourth-order valence-electron chi connectivity index (χ4n) is 1.58. The van der Waals surface area contributed by atoms with E-state index in [1.807, 2.05) is 24.3 Å². The van der Waals surface area contributed by atoms with Crippen molar-refractivity contribution in [3.63, 3.8) is 0 Å². The van der Waals surface area contributed by atoms with Crippen molar-refractivity contribution < 1.29 is 4.57 Å². The second-order valence-corrected chi connectivity index (χ2v) is 8.27. The molecular formula is C12H12Cl2N3OP. The molecule has 2 aromatic rings. The third kappa shape index (κ3) is 3.47. The van der Waals surface area contributed by atoms with Crippen LogP contribution in [0.1, 0.15) is 0 Å². The Kier molecular flexibility index (Phi) is 4.14. The van der Waals surface area contributed by atoms with Gasteiger partial charge >= 0.3 is 0 Å². The van der Waals surface area contributed by atoms with E-state index in [1.54, 1.807) is 13.3 Å². The lowest BCUT2D eigenvalue weighted by molar-refractivity contribution is 0.588. The Morgan fingerprint density at radius 1 is 1.21 bits per heavy atom. The monoisotopic (exact) mass is 315 g/mol. The van der Waals surface area contributed by atoms with E-state index >= 15 is 0 Å². The molecule has 0 atom stereocenters. The van der Waals surface area contributed by atoms with E-state index in [-0.39, 0.29) is 10.2 Å². The van der Waals surface area contributed by atoms with Gasteiger partial charge in [0.1, 0.15) is 7.14 Å². The minimum absolute atomic E-state index is 0.174. The Bertz CT molecular complexity index is 657. The van der Waals surface area contributed by atoms with Crippen LogP contribution in [0, 0.1) is 0 Å². The summed E-state index contributed by atoms with van der Waals surface area (Å²) in [5.74, 6) is 0.315. The van der Waals surface area contributed by atoms with Gasteiger partial charge in [0.15, 0.2) is 5.15 Å². The molecule has 0 saturated heterocycles. The maximum atomic E-state index is 12.2. The Balaban J connectivity index is 2.38. The van der Waals surface area contributed by atoms with Gasteiger partial charge in [-0.3, -0.25) is 0 Å². The van der Waals surface area contributed by atoms with E-state index in [2.05, 4.69) is 15.3 Å². The Morgan fingerprint density at radius 2 is 1.89 bits per heavy atom. The van der Waals surface area contributed by atoms with E-state index in [1.165, 1.54) is 6.20 Å². The highest BCUT2D eigenvalue weighted by atomic mass is 35.5. The number of hydrogen-bond acceptors (Lipinski definition) is 4. The van der Waals surface area contributed by atoms with Crippen molar-refractivity contribution in [1.82, 2.24) is 9.97 Å². The summed E-state index contributed by atoms with van der Waals surface area (Å²) in [4.78, 5) is 8.04. The summed E-state index contributed by atoms with van der Waals surface area (Å²) in [5, 5.41) is 4.21. The largest absolute Gasteiger partial charge is 0.323 e. The molecule has 100 valence electrons. The molecule has 19 heavy (non-hydrogen) atoms. The van der Waals surface area contributed by atoms with Crippen LogP contribution in [0.3, 0.4) is 0 Å². The van der Waals surface area contributed by atoms with Gasteiger partial charge in [-0.25, -0.2) is 4.98 Å². The molecule has 0 radical (unpaired) electrons. The smallest absolute Gasteiger partial charge is 0.228 e. The van der Waals surface area contributed by atoms with Crippen LogP contribution in [0.2, 0.25) is 10.2 Å². The van der Waals surface area contributed by atoms with E-state index in [0.29, 0.717) is 11.6 Å². The van der Waals surface area contributed by atoms with Crippen LogP contribution in [0.5, 0.6) is 0 Å². The van der Waals surface area contributed by atoms with Gasteiger partial charge in [0.25, 0.3) is 0 Å². The second kappa shape index (κ2) is 5.49. The van der Waals surface area contributed by atoms with Crippen molar-refractivity contribution in [3.8, 4) is 0 Å². The standard InChI is InChI=1S/C12H12Cl2N3OP/c1-19(2,18)10-6-4-3-5-9(10)16-12-15-7-8(13)11(14)17-12/h3-7H,1-2H3,(H,15,16,17). The topological polar surface area (TPSA) is 54.9 Å². The molecule has 1 aromatic heterocycles. The predicted octanol–water partition coefficient (Wildman–Crippen LogP) is 3.78. The first-order chi connectivity index (χ1) is 8.88. The number of para-hydroxylation sites is 1. The highest BCUT2D eigenvalue weighted by Crippen LogP contribution is 2.38. The Labute approximate surface area is 121 Å². The summed E-state index contributed by atoms with van der Waals surface area (Å²) >= 11 is 11.6. The van der Waals surface area contributed by atoms with Crippen LogP contribution in [0.15, 0.2) is 30.5 Å². The van der Waals surface area contributed by atoms with Gasteiger partial charge in [0.2, 0.25) is 5.95 Å². The molecule has 2 rings (SSSR count). The average molecular weight is 316 g/mol. The SMILES string of the molecule is CP(C)(=O)c1ccccc1Nc1ncc(Cl)c(Cl)n1. The van der Waals surface area contributed by atoms with Gasteiger partial charge in [0, 0.05) is 5.30 Å². The highest BCUT2D eigenvalue weighted by molar-refractivity contribution is 7.70. The lowest BCUT2D eigenvalue weighted by atomic mass is 10.3. The highest BCUT2D eigenvalue weighted by Gasteiger charge is 2.16. The lowest BCUT2D eigenvalue weighted by Gasteiger charge is -2.14. The number of halogens is 2. The number of hydrogen-bond donors (Lipinski definition) is 1. The van der Waals surface area contributed by atoms with Gasteiger partial charge in [-0.1, -0.05) is 35.3 Å². The van der Waals surface area contributed by atoms with Crippen LogP contribution in [-0.4, -0.2) is 23.3 Å². The van der Waals surface area contributed by atoms with Crippen molar-refractivity contribution in [1.29, 1.82) is 0 Å². The molecule has 1 aromatic carbocycles. The van der Waals surface area contributed by atoms with Crippen LogP contribution in [0.25, 0.3) is 0 Å². The fourth-order valence-corrected chi connectivity index (χ4v) is 2.95. The summed E-state index contributed by atoms with van der Waals surface area (Å²) in [7, 11) is -2.39. The van der Waals surface area contributed by atoms with E-state index < -0.39 is 7.14 Å². The number of anilines is 2. The molecule has 7 heteroatoms. The zero-order valence-electron chi connectivity index (χ0n) is 10.4. The molecule has 1 N–H and O–H groups in total. The molecule has 0 spiro atoms. The van der Waals surface area contributed by atoms with Gasteiger partial charge in [-0.05, 0) is 25.5 Å². The minimum atomic E-state index is -2.39. The first kappa shape index (κ1) is 14.3. The van der Waals surface area contributed by atoms with E-state index in [0.717, 1.165) is 5.30 Å². The summed E-state index contributed by atoms with van der Waals surface area (Å²) in [6, 6.07) is 7.33. The van der Waals surface area contributed by atoms with E-state index in [9.17, 15) is 4.57 Å². The van der Waals surface area contributed by atoms with Gasteiger partial charge < -0.3 is 9.88 Å². The number of nitrogens with one attached hydrogen (secondary N) is 1. The molecule has 0 aliphatic heterocycles. The van der Waals surface area contributed by atoms with Gasteiger partial charge in [-0.2, -0.15) is 4.98 Å². The number of benzene rings is 1. The Morgan fingerprint density at radius 3 is 2.53 bits per heavy atom. The quantitative estimate of drug-likeness (QED) is 0.692. The maximum absolute atomic E-state index is 12.2. The van der Waals surface area contributed by atoms with Crippen molar-refractivity contribution in [2.24, 2.45) is 0 Å². The number of nitrogens with zero attached hydrogens (tertiary/aromatic N) is 2. The Hall–Kier alpha value is -1.09. The van der Waals surface area contributed by atoms with Crippen molar-refractivity contribution in [2.75, 3.05) is 18.6 Å². The zero-order chi connectivity index (χ0) is 14.0. The normalized spacial score (nSPS) is 11.4. The second-order valence-electron chi connectivity index (χ2n) is 4.33. The fraction of sp³-hybridized carbons (Fsp3) is 0.167. The third-order valence-corrected chi connectivity index (χ3v) is 4.64. The number of aromatic nitrogens is 2. The third-order valence-electron chi connectivity index (χ3n) is 2.43. The number of rotatable bonds is 3. The van der Waals surface area contributed by atoms with Crippen LogP contribution >= 0.6 is 30.3 Å². The van der Waals surface area contributed by atoms with Crippen LogP contribution < -0.4 is 10.6 Å². The summed E-state index contributed by atoms with van der Waals surface area (Å²) in [6.07, 6.45) is 1.42. The van der Waals surface area contributed by atoms with Crippen molar-refractivity contribution >= 4 is 47.3 Å². The molecular weight excluding hydrogens is 304 g/mol. The molecule has 1 heterocycles. The van der Waals surface area contributed by atoms with Gasteiger partial charge in [0.05, 0.1) is 16.9 Å². The minimum Gasteiger partial charge on any atom is -0.323 e. The summed E-state index contributed by atoms with van der Waals surface area (Å²) in [6.45, 7) is 3.42. The van der Waals surface area contributed by atoms with Crippen molar-refractivity contribution in [3.05, 3.63) is 40.6 Å². The summed E-state index contributed by atoms with van der Waals surface area (Å²) in [5.41, 5.74) is 0.703. The van der Waals surface area contributed by atoms with Crippen molar-refractivity contribution in [2.45, 2.75) is 0 Å². The zero-order valence-corrected chi connectivity index (χ0v) is 12.8. The predicted molar refractivity (Wildman–Crippen MR) is 80.9 cm³/mol. The molecule has 0 fully saturated rings.